The lowest BCUT2D eigenvalue weighted by Gasteiger charge is -2.07. The number of aromatic nitrogens is 5. The number of carbonyl (C=O) groups excluding carboxylic acids is 1. The summed E-state index contributed by atoms with van der Waals surface area (Å²) in [5.74, 6) is -0.596. The van der Waals surface area contributed by atoms with E-state index in [-0.39, 0.29) is 23.1 Å². The van der Waals surface area contributed by atoms with Crippen molar-refractivity contribution in [3.63, 3.8) is 0 Å². The van der Waals surface area contributed by atoms with Gasteiger partial charge in [0.1, 0.15) is 11.4 Å². The van der Waals surface area contributed by atoms with Crippen LogP contribution in [-0.2, 0) is 0 Å². The Morgan fingerprint density at radius 1 is 1.13 bits per heavy atom. The van der Waals surface area contributed by atoms with Crippen LogP contribution < -0.4 is 11.2 Å². The molecule has 2 aromatic carbocycles. The molecular formula is C19H16N8O3. The van der Waals surface area contributed by atoms with E-state index < -0.39 is 5.91 Å². The van der Waals surface area contributed by atoms with Gasteiger partial charge in [-0.1, -0.05) is 47.7 Å². The van der Waals surface area contributed by atoms with Crippen molar-refractivity contribution in [1.82, 2.24) is 30.7 Å². The van der Waals surface area contributed by atoms with E-state index in [4.69, 9.17) is 5.73 Å². The van der Waals surface area contributed by atoms with Crippen LogP contribution in [0, 0.1) is 0 Å². The predicted octanol–water partition coefficient (Wildman–Crippen LogP) is 1.76. The van der Waals surface area contributed by atoms with Gasteiger partial charge in [0, 0.05) is 11.1 Å². The summed E-state index contributed by atoms with van der Waals surface area (Å²) in [4.78, 5) is 13.0. The number of hydrogen-bond donors (Lipinski definition) is 3. The minimum Gasteiger partial charge on any atom is -0.507 e. The van der Waals surface area contributed by atoms with Crippen LogP contribution in [0.15, 0.2) is 64.3 Å². The van der Waals surface area contributed by atoms with Gasteiger partial charge < -0.3 is 10.8 Å². The molecule has 4 aromatic rings. The minimum atomic E-state index is -0.615. The lowest BCUT2D eigenvalue weighted by Crippen LogP contribution is -2.23. The Morgan fingerprint density at radius 3 is 2.57 bits per heavy atom. The van der Waals surface area contributed by atoms with E-state index in [2.05, 4.69) is 35.8 Å². The molecule has 0 radical (unpaired) electrons. The summed E-state index contributed by atoms with van der Waals surface area (Å²) >= 11 is 0. The molecule has 0 saturated heterocycles. The first-order chi connectivity index (χ1) is 14.6. The number of benzene rings is 2. The Bertz CT molecular complexity index is 1230. The third kappa shape index (κ3) is 3.46. The Labute approximate surface area is 169 Å². The average Bonchev–Trinajstić information content (AvgIpc) is 3.38. The third-order valence-electron chi connectivity index (χ3n) is 4.25. The van der Waals surface area contributed by atoms with Gasteiger partial charge in [-0.2, -0.15) is 9.78 Å². The van der Waals surface area contributed by atoms with Crippen LogP contribution in [0.1, 0.15) is 23.0 Å². The molecule has 150 valence electrons. The van der Waals surface area contributed by atoms with Crippen molar-refractivity contribution in [1.29, 1.82) is 0 Å². The van der Waals surface area contributed by atoms with Gasteiger partial charge in [0.05, 0.1) is 5.71 Å². The number of nitrogens with zero attached hydrogens (tertiary/aromatic N) is 6. The molecule has 30 heavy (non-hydrogen) atoms. The molecule has 0 bridgehead atoms. The number of nitrogen functional groups attached to an aromatic ring is 1. The number of carbonyl (C=O) groups is 1. The number of phenolic OH excluding ortho intramolecular Hbond substituents is 1. The predicted molar refractivity (Wildman–Crippen MR) is 107 cm³/mol. The Balaban J connectivity index is 1.74. The average molecular weight is 404 g/mol. The highest BCUT2D eigenvalue weighted by Gasteiger charge is 2.26. The number of nitrogens with two attached hydrogens (primary N) is 1. The van der Waals surface area contributed by atoms with Crippen molar-refractivity contribution in [3.05, 3.63) is 65.9 Å². The first-order valence-electron chi connectivity index (χ1n) is 8.78. The molecule has 0 aliphatic heterocycles. The highest BCUT2D eigenvalue weighted by atomic mass is 16.6. The van der Waals surface area contributed by atoms with Gasteiger partial charge >= 0.3 is 0 Å². The maximum absolute atomic E-state index is 13.0. The van der Waals surface area contributed by atoms with Crippen LogP contribution in [0.25, 0.3) is 17.1 Å². The van der Waals surface area contributed by atoms with Gasteiger partial charge in [0.2, 0.25) is 11.6 Å². The van der Waals surface area contributed by atoms with Crippen LogP contribution in [0.5, 0.6) is 5.75 Å². The molecule has 11 heteroatoms. The van der Waals surface area contributed by atoms with Crippen LogP contribution in [0.4, 0.5) is 5.82 Å². The van der Waals surface area contributed by atoms with Crippen molar-refractivity contribution in [2.24, 2.45) is 5.10 Å². The largest absolute Gasteiger partial charge is 0.507 e. The van der Waals surface area contributed by atoms with Crippen molar-refractivity contribution >= 4 is 17.4 Å². The number of anilines is 1. The first-order valence-corrected chi connectivity index (χ1v) is 8.78. The molecule has 0 atom stereocenters. The number of para-hydroxylation sites is 1. The molecule has 0 aliphatic rings. The molecule has 0 unspecified atom stereocenters. The van der Waals surface area contributed by atoms with Gasteiger partial charge in [-0.3, -0.25) is 4.79 Å². The standard InChI is InChI=1S/C19H16N8O3/c1-11(13-9-5-6-10-14(13)28)21-23-19(29)16-15(12-7-3-2-4-8-12)22-26-27(16)18-17(20)24-30-25-18/h2-10,28H,1H3,(H2,20,24)(H,23,29)/b21-11+. The number of hydrazone groups is 1. The summed E-state index contributed by atoms with van der Waals surface area (Å²) in [7, 11) is 0. The van der Waals surface area contributed by atoms with Crippen molar-refractivity contribution < 1.29 is 14.5 Å². The van der Waals surface area contributed by atoms with Crippen LogP contribution in [0.2, 0.25) is 0 Å². The fraction of sp³-hybridized carbons (Fsp3) is 0.0526. The molecule has 4 N–H and O–H groups in total. The lowest BCUT2D eigenvalue weighted by molar-refractivity contribution is 0.0947. The van der Waals surface area contributed by atoms with Crippen molar-refractivity contribution in [2.45, 2.75) is 6.92 Å². The van der Waals surface area contributed by atoms with Crippen LogP contribution in [-0.4, -0.2) is 42.0 Å². The zero-order valence-corrected chi connectivity index (χ0v) is 15.7. The molecule has 1 amide bonds. The third-order valence-corrected chi connectivity index (χ3v) is 4.25. The topological polar surface area (TPSA) is 157 Å². The van der Waals surface area contributed by atoms with Crippen LogP contribution in [0.3, 0.4) is 0 Å². The normalized spacial score (nSPS) is 11.4. The summed E-state index contributed by atoms with van der Waals surface area (Å²) in [6.45, 7) is 1.66. The minimum absolute atomic E-state index is 0.0243. The second kappa shape index (κ2) is 7.83. The molecule has 2 aromatic heterocycles. The van der Waals surface area contributed by atoms with E-state index in [0.29, 0.717) is 22.5 Å². The highest BCUT2D eigenvalue weighted by molar-refractivity contribution is 6.03. The van der Waals surface area contributed by atoms with E-state index in [1.807, 2.05) is 18.2 Å². The Kier molecular flexibility index (Phi) is 4.91. The molecule has 4 rings (SSSR count). The fourth-order valence-corrected chi connectivity index (χ4v) is 2.79. The van der Waals surface area contributed by atoms with Gasteiger partial charge in [-0.05, 0) is 29.4 Å². The molecule has 2 heterocycles. The van der Waals surface area contributed by atoms with E-state index in [1.165, 1.54) is 6.07 Å². The number of amides is 1. The number of nitrogens with one attached hydrogen (secondary N) is 1. The summed E-state index contributed by atoms with van der Waals surface area (Å²) in [6.07, 6.45) is 0. The van der Waals surface area contributed by atoms with Crippen LogP contribution >= 0.6 is 0 Å². The maximum Gasteiger partial charge on any atom is 0.292 e. The molecule has 0 spiro atoms. The summed E-state index contributed by atoms with van der Waals surface area (Å²) in [5, 5.41) is 29.4. The number of phenols is 1. The molecule has 11 nitrogen and oxygen atoms in total. The summed E-state index contributed by atoms with van der Waals surface area (Å²) < 4.78 is 5.75. The lowest BCUT2D eigenvalue weighted by atomic mass is 10.1. The summed E-state index contributed by atoms with van der Waals surface area (Å²) in [6, 6.07) is 15.7. The van der Waals surface area contributed by atoms with Gasteiger partial charge in [0.15, 0.2) is 5.69 Å². The quantitative estimate of drug-likeness (QED) is 0.335. The van der Waals surface area contributed by atoms with E-state index in [9.17, 15) is 9.90 Å². The first kappa shape index (κ1) is 18.8. The van der Waals surface area contributed by atoms with Gasteiger partial charge in [0.25, 0.3) is 5.91 Å². The zero-order chi connectivity index (χ0) is 21.1. The number of aromatic hydroxyl groups is 1. The fourth-order valence-electron chi connectivity index (χ4n) is 2.79. The van der Waals surface area contributed by atoms with E-state index >= 15 is 0 Å². The summed E-state index contributed by atoms with van der Waals surface area (Å²) in [5.41, 5.74) is 10.1. The SMILES string of the molecule is C/C(=N\NC(=O)c1c(-c2ccccc2)nnn1-c1nonc1N)c1ccccc1O. The molecule has 0 fully saturated rings. The highest BCUT2D eigenvalue weighted by Crippen LogP contribution is 2.24. The Morgan fingerprint density at radius 2 is 1.87 bits per heavy atom. The smallest absolute Gasteiger partial charge is 0.292 e. The maximum atomic E-state index is 13.0. The molecular weight excluding hydrogens is 388 g/mol. The number of rotatable bonds is 5. The number of hydrogen-bond acceptors (Lipinski definition) is 9. The molecule has 0 saturated carbocycles. The molecule has 0 aliphatic carbocycles. The van der Waals surface area contributed by atoms with Gasteiger partial charge in [-0.25, -0.2) is 10.1 Å². The monoisotopic (exact) mass is 404 g/mol. The second-order valence-electron chi connectivity index (χ2n) is 6.19. The van der Waals surface area contributed by atoms with E-state index in [1.54, 1.807) is 37.3 Å². The second-order valence-corrected chi connectivity index (χ2v) is 6.19. The van der Waals surface area contributed by atoms with Gasteiger partial charge in [-0.15, -0.1) is 5.10 Å². The van der Waals surface area contributed by atoms with Crippen molar-refractivity contribution in [2.75, 3.05) is 5.73 Å². The van der Waals surface area contributed by atoms with Crippen molar-refractivity contribution in [3.8, 4) is 22.8 Å². The zero-order valence-electron chi connectivity index (χ0n) is 15.7. The van der Waals surface area contributed by atoms with E-state index in [0.717, 1.165) is 4.68 Å². The Hall–Kier alpha value is -4.54.